The molecule has 0 unspecified atom stereocenters. The van der Waals surface area contributed by atoms with Crippen molar-refractivity contribution in [2.24, 2.45) is 0 Å². The normalized spacial score (nSPS) is 10.7. The van der Waals surface area contributed by atoms with Crippen LogP contribution in [0.2, 0.25) is 0 Å². The molecule has 0 atom stereocenters. The van der Waals surface area contributed by atoms with Gasteiger partial charge in [0.05, 0.1) is 0 Å². The molecular formula is C16H15N3O. The fourth-order valence-corrected chi connectivity index (χ4v) is 2.03. The molecule has 0 saturated heterocycles. The molecule has 0 bridgehead atoms. The molecule has 3 aromatic rings. The second-order valence-electron chi connectivity index (χ2n) is 4.52. The van der Waals surface area contributed by atoms with E-state index in [1.807, 2.05) is 37.4 Å². The van der Waals surface area contributed by atoms with E-state index in [-0.39, 0.29) is 0 Å². The first kappa shape index (κ1) is 12.6. The van der Waals surface area contributed by atoms with Gasteiger partial charge in [0.25, 0.3) is 0 Å². The average molecular weight is 265 g/mol. The summed E-state index contributed by atoms with van der Waals surface area (Å²) in [6.07, 6.45) is 3.53. The lowest BCUT2D eigenvalue weighted by atomic mass is 10.1. The first-order valence-corrected chi connectivity index (χ1v) is 6.47. The van der Waals surface area contributed by atoms with Crippen molar-refractivity contribution in [3.05, 3.63) is 60.4 Å². The van der Waals surface area contributed by atoms with Gasteiger partial charge in [-0.2, -0.15) is 0 Å². The average Bonchev–Trinajstić information content (AvgIpc) is 2.49. The van der Waals surface area contributed by atoms with Crippen molar-refractivity contribution in [1.29, 1.82) is 0 Å². The zero-order chi connectivity index (χ0) is 13.8. The molecule has 4 heteroatoms. The summed E-state index contributed by atoms with van der Waals surface area (Å²) in [7, 11) is 1.89. The number of nitrogens with one attached hydrogen (secondary N) is 1. The van der Waals surface area contributed by atoms with Crippen LogP contribution in [-0.4, -0.2) is 17.0 Å². The molecule has 3 rings (SSSR count). The third kappa shape index (κ3) is 2.75. The fraction of sp³-hybridized carbons (Fsp3) is 0.125. The number of rotatable bonds is 4. The Bertz CT molecular complexity index is 710. The predicted molar refractivity (Wildman–Crippen MR) is 78.8 cm³/mol. The molecule has 2 aromatic carbocycles. The fourth-order valence-electron chi connectivity index (χ4n) is 2.03. The lowest BCUT2D eigenvalue weighted by Crippen LogP contribution is -2.06. The molecule has 0 radical (unpaired) electrons. The standard InChI is InChI=1S/C16H15N3O/c1-17-9-12-10-18-16(19-11-12)20-15-7-6-13-4-2-3-5-14(13)8-15/h2-8,10-11,17H,9H2,1H3. The van der Waals surface area contributed by atoms with E-state index in [0.717, 1.165) is 23.2 Å². The van der Waals surface area contributed by atoms with Gasteiger partial charge < -0.3 is 10.1 Å². The van der Waals surface area contributed by atoms with Gasteiger partial charge in [-0.25, -0.2) is 9.97 Å². The van der Waals surface area contributed by atoms with Crippen LogP contribution in [0.4, 0.5) is 0 Å². The summed E-state index contributed by atoms with van der Waals surface area (Å²) in [5.41, 5.74) is 1.03. The molecule has 0 aliphatic carbocycles. The summed E-state index contributed by atoms with van der Waals surface area (Å²) in [4.78, 5) is 8.40. The molecule has 0 amide bonds. The van der Waals surface area contributed by atoms with Gasteiger partial charge >= 0.3 is 6.01 Å². The molecule has 0 fully saturated rings. The number of aromatic nitrogens is 2. The van der Waals surface area contributed by atoms with Crippen LogP contribution in [0.3, 0.4) is 0 Å². The quantitative estimate of drug-likeness (QED) is 0.787. The summed E-state index contributed by atoms with van der Waals surface area (Å²) in [5, 5.41) is 5.37. The second kappa shape index (κ2) is 5.67. The minimum atomic E-state index is 0.361. The van der Waals surface area contributed by atoms with Crippen LogP contribution in [0.1, 0.15) is 5.56 Å². The molecule has 0 aliphatic rings. The molecular weight excluding hydrogens is 250 g/mol. The maximum atomic E-state index is 5.68. The maximum absolute atomic E-state index is 5.68. The summed E-state index contributed by atoms with van der Waals surface area (Å²) in [6.45, 7) is 0.746. The smallest absolute Gasteiger partial charge is 0.321 e. The SMILES string of the molecule is CNCc1cnc(Oc2ccc3ccccc3c2)nc1. The van der Waals surface area contributed by atoms with E-state index in [0.29, 0.717) is 6.01 Å². The summed E-state index contributed by atoms with van der Waals surface area (Å²) in [5.74, 6) is 0.741. The first-order valence-electron chi connectivity index (χ1n) is 6.47. The zero-order valence-corrected chi connectivity index (χ0v) is 11.2. The van der Waals surface area contributed by atoms with E-state index < -0.39 is 0 Å². The van der Waals surface area contributed by atoms with Crippen molar-refractivity contribution in [3.63, 3.8) is 0 Å². The Morgan fingerprint density at radius 2 is 1.75 bits per heavy atom. The number of hydrogen-bond acceptors (Lipinski definition) is 4. The predicted octanol–water partition coefficient (Wildman–Crippen LogP) is 3.14. The number of benzene rings is 2. The highest BCUT2D eigenvalue weighted by Gasteiger charge is 2.02. The van der Waals surface area contributed by atoms with Crippen LogP contribution < -0.4 is 10.1 Å². The van der Waals surface area contributed by atoms with Crippen molar-refractivity contribution in [1.82, 2.24) is 15.3 Å². The lowest BCUT2D eigenvalue weighted by Gasteiger charge is -2.06. The van der Waals surface area contributed by atoms with Crippen LogP contribution in [0, 0.1) is 0 Å². The number of ether oxygens (including phenoxy) is 1. The van der Waals surface area contributed by atoms with E-state index in [1.54, 1.807) is 12.4 Å². The minimum absolute atomic E-state index is 0.361. The summed E-state index contributed by atoms with van der Waals surface area (Å²) in [6, 6.07) is 14.5. The van der Waals surface area contributed by atoms with Gasteiger partial charge in [-0.1, -0.05) is 30.3 Å². The Balaban J connectivity index is 1.81. The van der Waals surface area contributed by atoms with E-state index >= 15 is 0 Å². The van der Waals surface area contributed by atoms with Gasteiger partial charge in [-0.3, -0.25) is 0 Å². The minimum Gasteiger partial charge on any atom is -0.424 e. The molecule has 1 N–H and O–H groups in total. The van der Waals surface area contributed by atoms with Gasteiger partial charge in [0.2, 0.25) is 0 Å². The van der Waals surface area contributed by atoms with Gasteiger partial charge in [0.15, 0.2) is 0 Å². The molecule has 100 valence electrons. The van der Waals surface area contributed by atoms with Crippen molar-refractivity contribution in [2.45, 2.75) is 6.54 Å². The highest BCUT2D eigenvalue weighted by molar-refractivity contribution is 5.83. The van der Waals surface area contributed by atoms with Crippen LogP contribution in [0.25, 0.3) is 10.8 Å². The van der Waals surface area contributed by atoms with Crippen LogP contribution in [-0.2, 0) is 6.54 Å². The molecule has 0 aliphatic heterocycles. The first-order chi connectivity index (χ1) is 9.85. The van der Waals surface area contributed by atoms with Gasteiger partial charge in [0.1, 0.15) is 5.75 Å². The zero-order valence-electron chi connectivity index (χ0n) is 11.2. The Morgan fingerprint density at radius 1 is 1.00 bits per heavy atom. The molecule has 0 spiro atoms. The van der Waals surface area contributed by atoms with E-state index in [9.17, 15) is 0 Å². The van der Waals surface area contributed by atoms with Crippen LogP contribution in [0.15, 0.2) is 54.9 Å². The van der Waals surface area contributed by atoms with Crippen LogP contribution in [0.5, 0.6) is 11.8 Å². The Labute approximate surface area is 117 Å². The number of fused-ring (bicyclic) bond motifs is 1. The van der Waals surface area contributed by atoms with Crippen molar-refractivity contribution >= 4 is 10.8 Å². The van der Waals surface area contributed by atoms with Crippen molar-refractivity contribution in [2.75, 3.05) is 7.05 Å². The van der Waals surface area contributed by atoms with Gasteiger partial charge in [0, 0.05) is 24.5 Å². The lowest BCUT2D eigenvalue weighted by molar-refractivity contribution is 0.441. The maximum Gasteiger partial charge on any atom is 0.321 e. The van der Waals surface area contributed by atoms with Crippen LogP contribution >= 0.6 is 0 Å². The van der Waals surface area contributed by atoms with Gasteiger partial charge in [-0.05, 0) is 30.0 Å². The molecule has 4 nitrogen and oxygen atoms in total. The Hall–Kier alpha value is -2.46. The topological polar surface area (TPSA) is 47.0 Å². The molecule has 0 saturated carbocycles. The van der Waals surface area contributed by atoms with E-state index in [2.05, 4.69) is 27.4 Å². The van der Waals surface area contributed by atoms with Crippen molar-refractivity contribution in [3.8, 4) is 11.8 Å². The highest BCUT2D eigenvalue weighted by atomic mass is 16.5. The largest absolute Gasteiger partial charge is 0.424 e. The number of hydrogen-bond donors (Lipinski definition) is 1. The third-order valence-corrected chi connectivity index (χ3v) is 2.99. The Morgan fingerprint density at radius 3 is 2.50 bits per heavy atom. The number of nitrogens with zero attached hydrogens (tertiary/aromatic N) is 2. The van der Waals surface area contributed by atoms with Crippen molar-refractivity contribution < 1.29 is 4.74 Å². The third-order valence-electron chi connectivity index (χ3n) is 2.99. The molecule has 20 heavy (non-hydrogen) atoms. The van der Waals surface area contributed by atoms with E-state index in [4.69, 9.17) is 4.74 Å². The highest BCUT2D eigenvalue weighted by Crippen LogP contribution is 2.23. The molecule has 1 heterocycles. The summed E-state index contributed by atoms with van der Waals surface area (Å²) < 4.78 is 5.68. The Kier molecular flexibility index (Phi) is 3.56. The summed E-state index contributed by atoms with van der Waals surface area (Å²) >= 11 is 0. The molecule has 1 aromatic heterocycles. The van der Waals surface area contributed by atoms with E-state index in [1.165, 1.54) is 5.39 Å². The second-order valence-corrected chi connectivity index (χ2v) is 4.52. The van der Waals surface area contributed by atoms with Gasteiger partial charge in [-0.15, -0.1) is 0 Å². The monoisotopic (exact) mass is 265 g/mol.